The second kappa shape index (κ2) is 13.0. The summed E-state index contributed by atoms with van der Waals surface area (Å²) in [4.78, 5) is 37.4. The number of nitrogens with zero attached hydrogens (tertiary/aromatic N) is 5. The molecule has 0 saturated heterocycles. The second-order valence-corrected chi connectivity index (χ2v) is 11.2. The number of fused-ring (bicyclic) bond motifs is 1. The lowest BCUT2D eigenvalue weighted by Gasteiger charge is -2.29. The molecule has 1 aliphatic rings. The maximum absolute atomic E-state index is 13.8. The smallest absolute Gasteiger partial charge is 0.229 e. The lowest BCUT2D eigenvalue weighted by Crippen LogP contribution is -2.42. The summed E-state index contributed by atoms with van der Waals surface area (Å²) in [6.07, 6.45) is 6.70. The van der Waals surface area contributed by atoms with Gasteiger partial charge in [0, 0.05) is 24.3 Å². The predicted molar refractivity (Wildman–Crippen MR) is 168 cm³/mol. The summed E-state index contributed by atoms with van der Waals surface area (Å²) < 4.78 is 1.87. The topological polar surface area (TPSA) is 93.0 Å². The van der Waals surface area contributed by atoms with E-state index in [0.717, 1.165) is 59.0 Å². The molecular formula is C35H36N6O2. The third-order valence-electron chi connectivity index (χ3n) is 8.21. The van der Waals surface area contributed by atoms with Crippen molar-refractivity contribution in [3.05, 3.63) is 108 Å². The van der Waals surface area contributed by atoms with Gasteiger partial charge in [-0.05, 0) is 53.8 Å². The number of anilines is 1. The van der Waals surface area contributed by atoms with E-state index in [-0.39, 0.29) is 24.3 Å². The van der Waals surface area contributed by atoms with E-state index in [2.05, 4.69) is 39.5 Å². The third-order valence-corrected chi connectivity index (χ3v) is 8.21. The highest BCUT2D eigenvalue weighted by molar-refractivity contribution is 5.92. The molecule has 3 aromatic carbocycles. The van der Waals surface area contributed by atoms with Crippen molar-refractivity contribution in [2.75, 3.05) is 11.9 Å². The van der Waals surface area contributed by atoms with Crippen LogP contribution in [0.25, 0.3) is 22.2 Å². The molecule has 2 heterocycles. The molecule has 2 amide bonds. The average Bonchev–Trinajstić information content (AvgIpc) is 3.68. The van der Waals surface area contributed by atoms with Crippen LogP contribution in [0.3, 0.4) is 0 Å². The molecule has 0 atom stereocenters. The molecule has 43 heavy (non-hydrogen) atoms. The molecule has 1 saturated carbocycles. The fourth-order valence-electron chi connectivity index (χ4n) is 6.00. The van der Waals surface area contributed by atoms with Gasteiger partial charge in [0.25, 0.3) is 0 Å². The summed E-state index contributed by atoms with van der Waals surface area (Å²) in [7, 11) is 0. The van der Waals surface area contributed by atoms with Crippen LogP contribution < -0.4 is 5.32 Å². The first-order valence-corrected chi connectivity index (χ1v) is 15.0. The molecule has 8 nitrogen and oxygen atoms in total. The van der Waals surface area contributed by atoms with Crippen LogP contribution in [0.1, 0.15) is 42.6 Å². The van der Waals surface area contributed by atoms with Crippen molar-refractivity contribution in [2.24, 2.45) is 0 Å². The van der Waals surface area contributed by atoms with Crippen LogP contribution in [0.2, 0.25) is 0 Å². The lowest BCUT2D eigenvalue weighted by molar-refractivity contribution is -0.133. The van der Waals surface area contributed by atoms with Crippen molar-refractivity contribution in [3.8, 4) is 11.4 Å². The highest BCUT2D eigenvalue weighted by atomic mass is 16.2. The molecule has 1 N–H and O–H groups in total. The van der Waals surface area contributed by atoms with Crippen molar-refractivity contribution in [2.45, 2.75) is 58.0 Å². The minimum atomic E-state index is -0.134. The number of hydrogen-bond acceptors (Lipinski definition) is 5. The van der Waals surface area contributed by atoms with E-state index in [0.29, 0.717) is 31.2 Å². The molecule has 0 bridgehead atoms. The monoisotopic (exact) mass is 572 g/mol. The number of carbonyl (C=O) groups excluding carboxylic acids is 2. The zero-order chi connectivity index (χ0) is 29.6. The molecule has 0 spiro atoms. The first-order chi connectivity index (χ1) is 21.0. The van der Waals surface area contributed by atoms with E-state index >= 15 is 0 Å². The van der Waals surface area contributed by atoms with Crippen LogP contribution in [-0.2, 0) is 29.0 Å². The lowest BCUT2D eigenvalue weighted by atomic mass is 10.0. The van der Waals surface area contributed by atoms with Gasteiger partial charge in [-0.25, -0.2) is 14.6 Å². The van der Waals surface area contributed by atoms with Crippen LogP contribution in [0.15, 0.2) is 91.1 Å². The molecule has 0 unspecified atom stereocenters. The Morgan fingerprint density at radius 2 is 1.70 bits per heavy atom. The van der Waals surface area contributed by atoms with Gasteiger partial charge in [0.2, 0.25) is 11.8 Å². The molecule has 0 radical (unpaired) electrons. The molecule has 8 heteroatoms. The Kier molecular flexibility index (Phi) is 8.54. The minimum Gasteiger partial charge on any atom is -0.338 e. The quantitative estimate of drug-likeness (QED) is 0.222. The normalized spacial score (nSPS) is 13.3. The Balaban J connectivity index is 1.14. The molecule has 2 aromatic heterocycles. The minimum absolute atomic E-state index is 0.134. The summed E-state index contributed by atoms with van der Waals surface area (Å²) >= 11 is 0. The van der Waals surface area contributed by atoms with Gasteiger partial charge in [-0.2, -0.15) is 5.10 Å². The highest BCUT2D eigenvalue weighted by Crippen LogP contribution is 2.26. The summed E-state index contributed by atoms with van der Waals surface area (Å²) in [5, 5.41) is 9.95. The van der Waals surface area contributed by atoms with Crippen LogP contribution in [0, 0.1) is 6.92 Å². The van der Waals surface area contributed by atoms with Crippen LogP contribution in [-0.4, -0.2) is 49.0 Å². The maximum atomic E-state index is 13.8. The highest BCUT2D eigenvalue weighted by Gasteiger charge is 2.27. The van der Waals surface area contributed by atoms with E-state index in [9.17, 15) is 9.59 Å². The van der Waals surface area contributed by atoms with Gasteiger partial charge in [-0.3, -0.25) is 9.59 Å². The van der Waals surface area contributed by atoms with Gasteiger partial charge in [-0.1, -0.05) is 85.6 Å². The first kappa shape index (κ1) is 28.3. The molecular weight excluding hydrogens is 536 g/mol. The van der Waals surface area contributed by atoms with Crippen molar-refractivity contribution in [1.29, 1.82) is 0 Å². The molecule has 1 aliphatic carbocycles. The number of hydrogen-bond donors (Lipinski definition) is 1. The zero-order valence-corrected chi connectivity index (χ0v) is 24.4. The summed E-state index contributed by atoms with van der Waals surface area (Å²) in [5.41, 5.74) is 2.77. The Hall–Kier alpha value is -4.85. The van der Waals surface area contributed by atoms with Crippen molar-refractivity contribution >= 4 is 28.4 Å². The first-order valence-electron chi connectivity index (χ1n) is 15.0. The van der Waals surface area contributed by atoms with Crippen molar-refractivity contribution in [3.63, 3.8) is 0 Å². The van der Waals surface area contributed by atoms with E-state index < -0.39 is 0 Å². The SMILES string of the molecule is Cc1nc(-c2ccnc(NC(=O)Cc3ccccc3)c2)nn1CCN(C(=O)Cc1cccc2ccccc12)C1CCCC1. The number of pyridine rings is 1. The fourth-order valence-corrected chi connectivity index (χ4v) is 6.00. The molecule has 5 aromatic rings. The van der Waals surface area contributed by atoms with Gasteiger partial charge in [-0.15, -0.1) is 0 Å². The van der Waals surface area contributed by atoms with Crippen molar-refractivity contribution < 1.29 is 9.59 Å². The molecule has 1 fully saturated rings. The zero-order valence-electron chi connectivity index (χ0n) is 24.4. The Morgan fingerprint density at radius 1 is 0.930 bits per heavy atom. The number of aromatic nitrogens is 4. The van der Waals surface area contributed by atoms with Crippen LogP contribution >= 0.6 is 0 Å². The van der Waals surface area contributed by atoms with Gasteiger partial charge in [0.1, 0.15) is 11.6 Å². The van der Waals surface area contributed by atoms with E-state index in [1.807, 2.05) is 66.2 Å². The molecule has 0 aliphatic heterocycles. The van der Waals surface area contributed by atoms with E-state index in [4.69, 9.17) is 10.1 Å². The third kappa shape index (κ3) is 6.80. The fraction of sp³-hybridized carbons (Fsp3) is 0.286. The van der Waals surface area contributed by atoms with Gasteiger partial charge in [0.15, 0.2) is 5.82 Å². The number of rotatable bonds is 10. The largest absolute Gasteiger partial charge is 0.338 e. The Bertz CT molecular complexity index is 1720. The van der Waals surface area contributed by atoms with Crippen LogP contribution in [0.5, 0.6) is 0 Å². The Morgan fingerprint density at radius 3 is 2.53 bits per heavy atom. The Labute approximate surface area is 251 Å². The second-order valence-electron chi connectivity index (χ2n) is 11.2. The van der Waals surface area contributed by atoms with Crippen molar-refractivity contribution in [1.82, 2.24) is 24.6 Å². The van der Waals surface area contributed by atoms with Gasteiger partial charge >= 0.3 is 0 Å². The number of aryl methyl sites for hydroxylation is 1. The summed E-state index contributed by atoms with van der Waals surface area (Å²) in [6, 6.07) is 27.9. The number of amides is 2. The number of nitrogens with one attached hydrogen (secondary N) is 1. The summed E-state index contributed by atoms with van der Waals surface area (Å²) in [6.45, 7) is 3.06. The van der Waals surface area contributed by atoms with E-state index in [1.165, 1.54) is 0 Å². The van der Waals surface area contributed by atoms with Gasteiger partial charge < -0.3 is 10.2 Å². The molecule has 6 rings (SSSR count). The number of benzene rings is 3. The predicted octanol–water partition coefficient (Wildman–Crippen LogP) is 6.00. The number of carbonyl (C=O) groups is 2. The maximum Gasteiger partial charge on any atom is 0.229 e. The van der Waals surface area contributed by atoms with Crippen LogP contribution in [0.4, 0.5) is 5.82 Å². The summed E-state index contributed by atoms with van der Waals surface area (Å²) in [5.74, 6) is 1.82. The van der Waals surface area contributed by atoms with E-state index in [1.54, 1.807) is 12.3 Å². The average molecular weight is 573 g/mol. The van der Waals surface area contributed by atoms with Gasteiger partial charge in [0.05, 0.1) is 19.4 Å². The standard InChI is InChI=1S/C35H36N6O2/c1-25-37-35(29-18-19-36-32(23-29)38-33(42)22-26-10-3-2-4-11-26)39-41(25)21-20-40(30-15-6-7-16-30)34(43)24-28-14-9-13-27-12-5-8-17-31(27)28/h2-5,8-14,17-19,23,30H,6-7,15-16,20-22,24H2,1H3,(H,36,38,42). The molecule has 218 valence electrons.